The third-order valence-corrected chi connectivity index (χ3v) is 3.36. The number of aryl methyl sites for hydroxylation is 1. The Bertz CT molecular complexity index is 509. The third-order valence-electron chi connectivity index (χ3n) is 3.36. The molecular formula is C14H16O5. The molecule has 5 heteroatoms. The first-order chi connectivity index (χ1) is 9.02. The highest BCUT2D eigenvalue weighted by atomic mass is 16.5. The SMILES string of the molecule is COC(=O)CC(O)C(O)c1ccc2c(c1)CCC2=O. The molecule has 2 atom stereocenters. The second kappa shape index (κ2) is 5.50. The van der Waals surface area contributed by atoms with Crippen LogP contribution in [-0.4, -0.2) is 35.2 Å². The van der Waals surface area contributed by atoms with Crippen LogP contribution >= 0.6 is 0 Å². The summed E-state index contributed by atoms with van der Waals surface area (Å²) in [4.78, 5) is 22.5. The van der Waals surface area contributed by atoms with E-state index in [1.165, 1.54) is 7.11 Å². The topological polar surface area (TPSA) is 83.8 Å². The van der Waals surface area contributed by atoms with Gasteiger partial charge in [0.05, 0.1) is 19.6 Å². The van der Waals surface area contributed by atoms with Crippen molar-refractivity contribution in [1.82, 2.24) is 0 Å². The summed E-state index contributed by atoms with van der Waals surface area (Å²) < 4.78 is 4.44. The van der Waals surface area contributed by atoms with Crippen LogP contribution in [0.2, 0.25) is 0 Å². The van der Waals surface area contributed by atoms with E-state index in [0.29, 0.717) is 24.0 Å². The molecule has 0 aromatic heterocycles. The number of hydrogen-bond donors (Lipinski definition) is 2. The highest BCUT2D eigenvalue weighted by molar-refractivity contribution is 6.00. The number of Topliss-reactive ketones (excluding diaryl/α,β-unsaturated/α-hetero) is 1. The molecule has 1 aromatic carbocycles. The zero-order valence-corrected chi connectivity index (χ0v) is 10.6. The van der Waals surface area contributed by atoms with Crippen molar-refractivity contribution in [1.29, 1.82) is 0 Å². The van der Waals surface area contributed by atoms with Gasteiger partial charge >= 0.3 is 5.97 Å². The Morgan fingerprint density at radius 3 is 2.79 bits per heavy atom. The molecule has 1 aliphatic carbocycles. The molecule has 0 bridgehead atoms. The Balaban J connectivity index is 2.14. The van der Waals surface area contributed by atoms with E-state index in [1.807, 2.05) is 0 Å². The van der Waals surface area contributed by atoms with E-state index in [-0.39, 0.29) is 12.2 Å². The average molecular weight is 264 g/mol. The van der Waals surface area contributed by atoms with Crippen molar-refractivity contribution in [3.05, 3.63) is 34.9 Å². The number of ether oxygens (including phenoxy) is 1. The molecule has 5 nitrogen and oxygen atoms in total. The van der Waals surface area contributed by atoms with Gasteiger partial charge in [0.25, 0.3) is 0 Å². The summed E-state index contributed by atoms with van der Waals surface area (Å²) in [6.07, 6.45) is -1.52. The predicted molar refractivity (Wildman–Crippen MR) is 66.7 cm³/mol. The van der Waals surface area contributed by atoms with Crippen LogP contribution in [0.4, 0.5) is 0 Å². The van der Waals surface area contributed by atoms with E-state index >= 15 is 0 Å². The van der Waals surface area contributed by atoms with Gasteiger partial charge in [0.1, 0.15) is 6.10 Å². The van der Waals surface area contributed by atoms with Crippen molar-refractivity contribution in [3.8, 4) is 0 Å². The highest BCUT2D eigenvalue weighted by Gasteiger charge is 2.25. The molecule has 0 fully saturated rings. The lowest BCUT2D eigenvalue weighted by Crippen LogP contribution is -2.22. The maximum absolute atomic E-state index is 11.5. The maximum Gasteiger partial charge on any atom is 0.308 e. The molecule has 0 aliphatic heterocycles. The number of hydrogen-bond acceptors (Lipinski definition) is 5. The van der Waals surface area contributed by atoms with Crippen molar-refractivity contribution in [3.63, 3.8) is 0 Å². The van der Waals surface area contributed by atoms with E-state index in [0.717, 1.165) is 5.56 Å². The summed E-state index contributed by atoms with van der Waals surface area (Å²) in [6, 6.07) is 4.98. The van der Waals surface area contributed by atoms with E-state index in [9.17, 15) is 19.8 Å². The van der Waals surface area contributed by atoms with Gasteiger partial charge in [-0.25, -0.2) is 0 Å². The van der Waals surface area contributed by atoms with Crippen molar-refractivity contribution in [2.75, 3.05) is 7.11 Å². The fraction of sp³-hybridized carbons (Fsp3) is 0.429. The lowest BCUT2D eigenvalue weighted by molar-refractivity contribution is -0.144. The monoisotopic (exact) mass is 264 g/mol. The number of esters is 1. The maximum atomic E-state index is 11.5. The lowest BCUT2D eigenvalue weighted by Gasteiger charge is -2.17. The predicted octanol–water partition coefficient (Wildman–Crippen LogP) is 0.773. The van der Waals surface area contributed by atoms with Crippen molar-refractivity contribution >= 4 is 11.8 Å². The standard InChI is InChI=1S/C14H16O5/c1-19-13(17)7-12(16)14(18)9-2-4-10-8(6-9)3-5-11(10)15/h2,4,6,12,14,16,18H,3,5,7H2,1H3. The van der Waals surface area contributed by atoms with Gasteiger partial charge in [0, 0.05) is 12.0 Å². The van der Waals surface area contributed by atoms with Crippen LogP contribution in [0, 0.1) is 0 Å². The number of carbonyl (C=O) groups excluding carboxylic acids is 2. The summed E-state index contributed by atoms with van der Waals surface area (Å²) in [5.74, 6) is -0.478. The number of aliphatic hydroxyl groups is 2. The van der Waals surface area contributed by atoms with Gasteiger partial charge in [-0.15, -0.1) is 0 Å². The summed E-state index contributed by atoms with van der Waals surface area (Å²) in [5.41, 5.74) is 2.06. The highest BCUT2D eigenvalue weighted by Crippen LogP contribution is 2.27. The molecule has 2 unspecified atom stereocenters. The van der Waals surface area contributed by atoms with E-state index in [2.05, 4.69) is 4.74 Å². The van der Waals surface area contributed by atoms with Gasteiger partial charge in [-0.2, -0.15) is 0 Å². The molecule has 0 saturated heterocycles. The second-order valence-corrected chi connectivity index (χ2v) is 4.63. The van der Waals surface area contributed by atoms with Crippen molar-refractivity contribution in [2.45, 2.75) is 31.5 Å². The summed E-state index contributed by atoms with van der Waals surface area (Å²) in [7, 11) is 1.22. The Morgan fingerprint density at radius 1 is 1.37 bits per heavy atom. The number of methoxy groups -OCH3 is 1. The Kier molecular flexibility index (Phi) is 3.97. The molecule has 0 heterocycles. The fourth-order valence-electron chi connectivity index (χ4n) is 2.25. The van der Waals surface area contributed by atoms with Gasteiger partial charge in [0.2, 0.25) is 0 Å². The van der Waals surface area contributed by atoms with E-state index in [1.54, 1.807) is 18.2 Å². The molecule has 2 N–H and O–H groups in total. The van der Waals surface area contributed by atoms with Crippen LogP contribution < -0.4 is 0 Å². The Morgan fingerprint density at radius 2 is 2.11 bits per heavy atom. The zero-order valence-electron chi connectivity index (χ0n) is 10.6. The summed E-state index contributed by atoms with van der Waals surface area (Å²) >= 11 is 0. The molecule has 1 aromatic rings. The Hall–Kier alpha value is -1.72. The van der Waals surface area contributed by atoms with E-state index in [4.69, 9.17) is 0 Å². The molecule has 0 amide bonds. The van der Waals surface area contributed by atoms with Gasteiger partial charge < -0.3 is 14.9 Å². The van der Waals surface area contributed by atoms with Crippen LogP contribution in [0.25, 0.3) is 0 Å². The summed E-state index contributed by atoms with van der Waals surface area (Å²) in [6.45, 7) is 0. The minimum absolute atomic E-state index is 0.103. The number of fused-ring (bicyclic) bond motifs is 1. The molecule has 102 valence electrons. The molecule has 19 heavy (non-hydrogen) atoms. The normalized spacial score (nSPS) is 16.9. The van der Waals surface area contributed by atoms with Crippen LogP contribution in [0.1, 0.15) is 40.4 Å². The van der Waals surface area contributed by atoms with E-state index < -0.39 is 18.2 Å². The Labute approximate surface area is 110 Å². The smallest absolute Gasteiger partial charge is 0.308 e. The third kappa shape index (κ3) is 2.83. The van der Waals surface area contributed by atoms with Crippen LogP contribution in [0.5, 0.6) is 0 Å². The number of aliphatic hydroxyl groups excluding tert-OH is 2. The molecular weight excluding hydrogens is 248 g/mol. The quantitative estimate of drug-likeness (QED) is 0.785. The zero-order chi connectivity index (χ0) is 14.0. The van der Waals surface area contributed by atoms with Crippen LogP contribution in [-0.2, 0) is 16.0 Å². The largest absolute Gasteiger partial charge is 0.469 e. The first-order valence-corrected chi connectivity index (χ1v) is 6.12. The number of rotatable bonds is 4. The molecule has 0 radical (unpaired) electrons. The van der Waals surface area contributed by atoms with Crippen molar-refractivity contribution < 1.29 is 24.5 Å². The molecule has 2 rings (SSSR count). The number of carbonyl (C=O) groups is 2. The number of benzene rings is 1. The fourth-order valence-corrected chi connectivity index (χ4v) is 2.25. The second-order valence-electron chi connectivity index (χ2n) is 4.63. The van der Waals surface area contributed by atoms with Crippen molar-refractivity contribution in [2.24, 2.45) is 0 Å². The molecule has 1 aliphatic rings. The van der Waals surface area contributed by atoms with Crippen LogP contribution in [0.3, 0.4) is 0 Å². The summed E-state index contributed by atoms with van der Waals surface area (Å²) in [5, 5.41) is 19.7. The first-order valence-electron chi connectivity index (χ1n) is 6.12. The van der Waals surface area contributed by atoms with Crippen LogP contribution in [0.15, 0.2) is 18.2 Å². The van der Waals surface area contributed by atoms with Gasteiger partial charge in [-0.1, -0.05) is 18.2 Å². The molecule has 0 spiro atoms. The minimum atomic E-state index is -1.22. The molecule has 0 saturated carbocycles. The van der Waals surface area contributed by atoms with Gasteiger partial charge in [0.15, 0.2) is 5.78 Å². The van der Waals surface area contributed by atoms with Gasteiger partial charge in [-0.3, -0.25) is 9.59 Å². The average Bonchev–Trinajstić information content (AvgIpc) is 2.78. The van der Waals surface area contributed by atoms with Gasteiger partial charge in [-0.05, 0) is 17.5 Å². The number of ketones is 1. The first kappa shape index (κ1) is 13.7. The minimum Gasteiger partial charge on any atom is -0.469 e. The lowest BCUT2D eigenvalue weighted by atomic mass is 9.98.